The molecule has 1 N–H and O–H groups in total. The van der Waals surface area contributed by atoms with Gasteiger partial charge in [0.05, 0.1) is 6.54 Å². The van der Waals surface area contributed by atoms with Crippen molar-refractivity contribution in [3.05, 3.63) is 33.3 Å². The monoisotopic (exact) mass is 359 g/mol. The van der Waals surface area contributed by atoms with Gasteiger partial charge in [-0.05, 0) is 24.7 Å². The minimum absolute atomic E-state index is 0.183. The number of hydrogen-bond donors (Lipinski definition) is 1. The van der Waals surface area contributed by atoms with Crippen LogP contribution in [0.1, 0.15) is 5.56 Å². The van der Waals surface area contributed by atoms with E-state index in [4.69, 9.17) is 11.6 Å². The van der Waals surface area contributed by atoms with Crippen molar-refractivity contribution in [3.8, 4) is 0 Å². The number of halogens is 2. The predicted molar refractivity (Wildman–Crippen MR) is 84.9 cm³/mol. The molecule has 1 aliphatic rings. The standard InChI is InChI=1S/C14H19BrClN3O/c1-18(9-11-2-3-12(15)8-13(11)16)10-14(20)19-6-4-17-5-7-19/h2-3,8,17H,4-7,9-10H2,1H3. The SMILES string of the molecule is CN(CC(=O)N1CCNCC1)Cc1ccc(Br)cc1Cl. The van der Waals surface area contributed by atoms with Crippen LogP contribution in [0, 0.1) is 0 Å². The first-order chi connectivity index (χ1) is 9.56. The molecule has 20 heavy (non-hydrogen) atoms. The van der Waals surface area contributed by atoms with Gasteiger partial charge in [0.15, 0.2) is 0 Å². The van der Waals surface area contributed by atoms with E-state index in [-0.39, 0.29) is 5.91 Å². The third-order valence-corrected chi connectivity index (χ3v) is 4.18. The maximum absolute atomic E-state index is 12.2. The summed E-state index contributed by atoms with van der Waals surface area (Å²) in [5.41, 5.74) is 1.03. The molecule has 1 aromatic rings. The van der Waals surface area contributed by atoms with E-state index in [1.165, 1.54) is 0 Å². The van der Waals surface area contributed by atoms with Crippen molar-refractivity contribution in [2.24, 2.45) is 0 Å². The molecule has 0 aromatic heterocycles. The summed E-state index contributed by atoms with van der Waals surface area (Å²) in [6, 6.07) is 5.83. The molecule has 6 heteroatoms. The van der Waals surface area contributed by atoms with Gasteiger partial charge in [-0.2, -0.15) is 0 Å². The second-order valence-corrected chi connectivity index (χ2v) is 6.36. The summed E-state index contributed by atoms with van der Waals surface area (Å²) in [6.45, 7) is 4.45. The highest BCUT2D eigenvalue weighted by Gasteiger charge is 2.17. The Morgan fingerprint density at radius 1 is 1.45 bits per heavy atom. The number of hydrogen-bond acceptors (Lipinski definition) is 3. The van der Waals surface area contributed by atoms with Gasteiger partial charge in [0.1, 0.15) is 0 Å². The zero-order valence-electron chi connectivity index (χ0n) is 11.5. The van der Waals surface area contributed by atoms with E-state index >= 15 is 0 Å². The molecule has 1 saturated heterocycles. The van der Waals surface area contributed by atoms with Gasteiger partial charge in [0.25, 0.3) is 0 Å². The van der Waals surface area contributed by atoms with Gasteiger partial charge in [-0.25, -0.2) is 0 Å². The van der Waals surface area contributed by atoms with E-state index in [0.29, 0.717) is 13.1 Å². The largest absolute Gasteiger partial charge is 0.339 e. The summed E-state index contributed by atoms with van der Waals surface area (Å²) in [7, 11) is 1.94. The smallest absolute Gasteiger partial charge is 0.236 e. The van der Waals surface area contributed by atoms with Gasteiger partial charge in [-0.1, -0.05) is 33.6 Å². The highest BCUT2D eigenvalue weighted by atomic mass is 79.9. The fourth-order valence-corrected chi connectivity index (χ4v) is 2.97. The first kappa shape index (κ1) is 15.8. The minimum Gasteiger partial charge on any atom is -0.339 e. The molecular formula is C14H19BrClN3O. The molecule has 2 rings (SSSR count). The second-order valence-electron chi connectivity index (χ2n) is 5.04. The highest BCUT2D eigenvalue weighted by molar-refractivity contribution is 9.10. The number of amides is 1. The molecule has 0 unspecified atom stereocenters. The van der Waals surface area contributed by atoms with E-state index < -0.39 is 0 Å². The Labute approximate surface area is 133 Å². The second kappa shape index (κ2) is 7.41. The first-order valence-corrected chi connectivity index (χ1v) is 7.84. The quantitative estimate of drug-likeness (QED) is 0.892. The third-order valence-electron chi connectivity index (χ3n) is 3.33. The molecule has 0 bridgehead atoms. The number of piperazine rings is 1. The lowest BCUT2D eigenvalue weighted by Crippen LogP contribution is -2.49. The van der Waals surface area contributed by atoms with Crippen molar-refractivity contribution in [1.29, 1.82) is 0 Å². The summed E-state index contributed by atoms with van der Waals surface area (Å²) in [5, 5.41) is 3.97. The molecular weight excluding hydrogens is 342 g/mol. The summed E-state index contributed by atoms with van der Waals surface area (Å²) in [4.78, 5) is 16.1. The van der Waals surface area contributed by atoms with Crippen LogP contribution in [0.2, 0.25) is 5.02 Å². The van der Waals surface area contributed by atoms with Gasteiger partial charge in [-0.15, -0.1) is 0 Å². The maximum Gasteiger partial charge on any atom is 0.236 e. The van der Waals surface area contributed by atoms with E-state index in [1.54, 1.807) is 0 Å². The summed E-state index contributed by atoms with van der Waals surface area (Å²) < 4.78 is 0.964. The summed E-state index contributed by atoms with van der Waals surface area (Å²) in [5.74, 6) is 0.183. The Bertz CT molecular complexity index is 477. The molecule has 110 valence electrons. The van der Waals surface area contributed by atoms with E-state index in [2.05, 4.69) is 21.2 Å². The number of benzene rings is 1. The Balaban J connectivity index is 1.88. The average Bonchev–Trinajstić information content (AvgIpc) is 2.43. The molecule has 0 saturated carbocycles. The Kier molecular flexibility index (Phi) is 5.84. The van der Waals surface area contributed by atoms with Crippen LogP contribution in [0.5, 0.6) is 0 Å². The number of carbonyl (C=O) groups excluding carboxylic acids is 1. The lowest BCUT2D eigenvalue weighted by molar-refractivity contribution is -0.132. The van der Waals surface area contributed by atoms with Crippen molar-refractivity contribution in [3.63, 3.8) is 0 Å². The van der Waals surface area contributed by atoms with Gasteiger partial charge < -0.3 is 10.2 Å². The van der Waals surface area contributed by atoms with Crippen LogP contribution in [-0.2, 0) is 11.3 Å². The lowest BCUT2D eigenvalue weighted by Gasteiger charge is -2.29. The van der Waals surface area contributed by atoms with E-state index in [9.17, 15) is 4.79 Å². The van der Waals surface area contributed by atoms with Crippen LogP contribution in [0.3, 0.4) is 0 Å². The van der Waals surface area contributed by atoms with Crippen LogP contribution < -0.4 is 5.32 Å². The normalized spacial score (nSPS) is 15.7. The number of nitrogens with zero attached hydrogens (tertiary/aromatic N) is 2. The highest BCUT2D eigenvalue weighted by Crippen LogP contribution is 2.22. The summed E-state index contributed by atoms with van der Waals surface area (Å²) in [6.07, 6.45) is 0. The Morgan fingerprint density at radius 3 is 2.80 bits per heavy atom. The number of nitrogens with one attached hydrogen (secondary N) is 1. The van der Waals surface area contributed by atoms with Crippen molar-refractivity contribution in [2.45, 2.75) is 6.54 Å². The van der Waals surface area contributed by atoms with Crippen LogP contribution in [0.4, 0.5) is 0 Å². The van der Waals surface area contributed by atoms with E-state index in [0.717, 1.165) is 41.2 Å². The Hall–Kier alpha value is -0.620. The first-order valence-electron chi connectivity index (χ1n) is 6.67. The third kappa shape index (κ3) is 4.45. The van der Waals surface area contributed by atoms with Crippen molar-refractivity contribution < 1.29 is 4.79 Å². The number of likely N-dealkylation sites (N-methyl/N-ethyl adjacent to an activating group) is 1. The van der Waals surface area contributed by atoms with Crippen molar-refractivity contribution in [2.75, 3.05) is 39.8 Å². The topological polar surface area (TPSA) is 35.6 Å². The zero-order chi connectivity index (χ0) is 14.5. The van der Waals surface area contributed by atoms with Crippen LogP contribution in [0.15, 0.2) is 22.7 Å². The van der Waals surface area contributed by atoms with Gasteiger partial charge in [-0.3, -0.25) is 9.69 Å². The summed E-state index contributed by atoms with van der Waals surface area (Å²) >= 11 is 9.59. The van der Waals surface area contributed by atoms with Gasteiger partial charge in [0.2, 0.25) is 5.91 Å². The number of rotatable bonds is 4. The molecule has 0 spiro atoms. The number of carbonyl (C=O) groups is 1. The Morgan fingerprint density at radius 2 is 2.15 bits per heavy atom. The van der Waals surface area contributed by atoms with Crippen LogP contribution in [0.25, 0.3) is 0 Å². The molecule has 0 aliphatic carbocycles. The van der Waals surface area contributed by atoms with Crippen molar-refractivity contribution >= 4 is 33.4 Å². The predicted octanol–water partition coefficient (Wildman–Crippen LogP) is 1.97. The zero-order valence-corrected chi connectivity index (χ0v) is 13.9. The van der Waals surface area contributed by atoms with E-state index in [1.807, 2.05) is 35.0 Å². The molecule has 1 fully saturated rings. The molecule has 0 atom stereocenters. The average molecular weight is 361 g/mol. The fraction of sp³-hybridized carbons (Fsp3) is 0.500. The van der Waals surface area contributed by atoms with Crippen molar-refractivity contribution in [1.82, 2.24) is 15.1 Å². The lowest BCUT2D eigenvalue weighted by atomic mass is 10.2. The molecule has 4 nitrogen and oxygen atoms in total. The molecule has 0 radical (unpaired) electrons. The fourth-order valence-electron chi connectivity index (χ4n) is 2.24. The van der Waals surface area contributed by atoms with Gasteiger partial charge in [0, 0.05) is 42.2 Å². The molecule has 1 aromatic carbocycles. The maximum atomic E-state index is 12.2. The van der Waals surface area contributed by atoms with Gasteiger partial charge >= 0.3 is 0 Å². The molecule has 1 amide bonds. The molecule has 1 aliphatic heterocycles. The van der Waals surface area contributed by atoms with Crippen LogP contribution in [-0.4, -0.2) is 55.5 Å². The minimum atomic E-state index is 0.183. The molecule has 1 heterocycles. The van der Waals surface area contributed by atoms with Crippen LogP contribution >= 0.6 is 27.5 Å².